The number of sulfonamides is 1. The monoisotopic (exact) mass is 513 g/mol. The Morgan fingerprint density at radius 1 is 1.03 bits per heavy atom. The van der Waals surface area contributed by atoms with Crippen LogP contribution in [0.2, 0.25) is 5.02 Å². The van der Waals surface area contributed by atoms with Crippen molar-refractivity contribution in [2.45, 2.75) is 26.4 Å². The fourth-order valence-corrected chi connectivity index (χ4v) is 4.15. The van der Waals surface area contributed by atoms with Crippen LogP contribution in [-0.2, 0) is 21.4 Å². The van der Waals surface area contributed by atoms with Gasteiger partial charge in [-0.1, -0.05) is 49.7 Å². The maximum Gasteiger partial charge on any atom is 0.260 e. The summed E-state index contributed by atoms with van der Waals surface area (Å²) in [5, 5.41) is 4.61. The van der Waals surface area contributed by atoms with Crippen LogP contribution in [0.25, 0.3) is 0 Å². The second-order valence-electron chi connectivity index (χ2n) is 8.29. The molecule has 0 radical (unpaired) electrons. The van der Waals surface area contributed by atoms with E-state index < -0.39 is 15.9 Å². The molecule has 3 aromatic carbocycles. The molecule has 3 aromatic rings. The Kier molecular flexibility index (Phi) is 8.89. The van der Waals surface area contributed by atoms with Crippen LogP contribution in [0.1, 0.15) is 36.5 Å². The summed E-state index contributed by atoms with van der Waals surface area (Å²) in [4.78, 5) is 12.4. The van der Waals surface area contributed by atoms with Gasteiger partial charge in [0.25, 0.3) is 5.91 Å². The van der Waals surface area contributed by atoms with Gasteiger partial charge in [-0.2, -0.15) is 5.10 Å². The van der Waals surface area contributed by atoms with Gasteiger partial charge in [0.2, 0.25) is 10.0 Å². The van der Waals surface area contributed by atoms with E-state index in [9.17, 15) is 13.2 Å². The highest BCUT2D eigenvalue weighted by molar-refractivity contribution is 7.92. The second kappa shape index (κ2) is 11.9. The molecule has 0 heterocycles. The largest absolute Gasteiger partial charge is 0.489 e. The molecule has 7 nitrogen and oxygen atoms in total. The Balaban J connectivity index is 1.54. The van der Waals surface area contributed by atoms with Crippen LogP contribution in [0.3, 0.4) is 0 Å². The molecule has 0 fully saturated rings. The van der Waals surface area contributed by atoms with Crippen molar-refractivity contribution in [2.75, 3.05) is 17.1 Å². The minimum absolute atomic E-state index is 0.317. The number of nitrogens with zero attached hydrogens (tertiary/aromatic N) is 2. The highest BCUT2D eigenvalue weighted by Gasteiger charge is 2.20. The molecule has 0 bridgehead atoms. The zero-order valence-electron chi connectivity index (χ0n) is 19.8. The third kappa shape index (κ3) is 8.12. The molecule has 1 amide bonds. The zero-order chi connectivity index (χ0) is 25.4. The van der Waals surface area contributed by atoms with Crippen LogP contribution in [0.15, 0.2) is 77.9 Å². The first-order valence-corrected chi connectivity index (χ1v) is 13.2. The van der Waals surface area contributed by atoms with E-state index >= 15 is 0 Å². The van der Waals surface area contributed by atoms with Crippen molar-refractivity contribution >= 4 is 39.4 Å². The van der Waals surface area contributed by atoms with Crippen LogP contribution >= 0.6 is 11.6 Å². The number of hydrazone groups is 1. The third-order valence-electron chi connectivity index (χ3n) is 5.14. The van der Waals surface area contributed by atoms with E-state index in [1.807, 2.05) is 36.4 Å². The number of hydrogen-bond donors (Lipinski definition) is 1. The first kappa shape index (κ1) is 26.2. The quantitative estimate of drug-likeness (QED) is 0.306. The number of hydrogen-bond acceptors (Lipinski definition) is 5. The van der Waals surface area contributed by atoms with Crippen molar-refractivity contribution in [1.29, 1.82) is 0 Å². The van der Waals surface area contributed by atoms with E-state index in [1.165, 1.54) is 6.21 Å². The van der Waals surface area contributed by atoms with Gasteiger partial charge in [-0.05, 0) is 71.1 Å². The first-order chi connectivity index (χ1) is 16.6. The topological polar surface area (TPSA) is 88.1 Å². The second-order valence-corrected chi connectivity index (χ2v) is 10.6. The molecule has 0 saturated heterocycles. The molecule has 0 aliphatic heterocycles. The van der Waals surface area contributed by atoms with Gasteiger partial charge in [0, 0.05) is 5.02 Å². The summed E-state index contributed by atoms with van der Waals surface area (Å²) >= 11 is 5.89. The lowest BCUT2D eigenvalue weighted by atomic mass is 10.0. The van der Waals surface area contributed by atoms with Crippen molar-refractivity contribution in [3.8, 4) is 5.75 Å². The van der Waals surface area contributed by atoms with Gasteiger partial charge in [-0.15, -0.1) is 0 Å². The SMILES string of the molecule is CC(C)c1ccc(N(CC(=O)N/N=C\c2ccc(OCc3ccc(Cl)cc3)cc2)S(C)(=O)=O)cc1. The standard InChI is InChI=1S/C26H28ClN3O4S/c1-19(2)22-8-12-24(13-9-22)30(35(3,32)33)17-26(31)29-28-16-20-6-14-25(15-7-20)34-18-21-4-10-23(27)11-5-21/h4-16,19H,17-18H2,1-3H3,(H,29,31)/b28-16-. The lowest BCUT2D eigenvalue weighted by Gasteiger charge is -2.21. The summed E-state index contributed by atoms with van der Waals surface area (Å²) in [6, 6.07) is 21.7. The molecule has 0 spiro atoms. The van der Waals surface area contributed by atoms with Crippen molar-refractivity contribution in [3.05, 3.63) is 94.5 Å². The molecular weight excluding hydrogens is 486 g/mol. The summed E-state index contributed by atoms with van der Waals surface area (Å²) in [5.41, 5.74) is 5.63. The zero-order valence-corrected chi connectivity index (χ0v) is 21.4. The van der Waals surface area contributed by atoms with Gasteiger partial charge in [0.1, 0.15) is 18.9 Å². The molecule has 9 heteroatoms. The number of rotatable bonds is 10. The van der Waals surface area contributed by atoms with Gasteiger partial charge in [0.15, 0.2) is 0 Å². The number of nitrogens with one attached hydrogen (secondary N) is 1. The predicted octanol–water partition coefficient (Wildman–Crippen LogP) is 4.96. The molecule has 0 saturated carbocycles. The number of halogens is 1. The number of anilines is 1. The highest BCUT2D eigenvalue weighted by atomic mass is 35.5. The van der Waals surface area contributed by atoms with E-state index in [0.29, 0.717) is 29.0 Å². The van der Waals surface area contributed by atoms with E-state index in [4.69, 9.17) is 16.3 Å². The molecule has 0 aliphatic rings. The summed E-state index contributed by atoms with van der Waals surface area (Å²) in [6.07, 6.45) is 2.54. The van der Waals surface area contributed by atoms with E-state index in [2.05, 4.69) is 24.4 Å². The molecule has 0 unspecified atom stereocenters. The molecule has 0 aromatic heterocycles. The minimum atomic E-state index is -3.66. The smallest absolute Gasteiger partial charge is 0.260 e. The Hall–Kier alpha value is -3.36. The van der Waals surface area contributed by atoms with Crippen LogP contribution < -0.4 is 14.5 Å². The lowest BCUT2D eigenvalue weighted by molar-refractivity contribution is -0.119. The normalized spacial score (nSPS) is 11.6. The Bertz CT molecular complexity index is 1260. The highest BCUT2D eigenvalue weighted by Crippen LogP contribution is 2.22. The van der Waals surface area contributed by atoms with Gasteiger partial charge >= 0.3 is 0 Å². The third-order valence-corrected chi connectivity index (χ3v) is 6.53. The fourth-order valence-electron chi connectivity index (χ4n) is 3.17. The Morgan fingerprint density at radius 2 is 1.66 bits per heavy atom. The maximum atomic E-state index is 12.4. The van der Waals surface area contributed by atoms with Crippen LogP contribution in [-0.4, -0.2) is 33.3 Å². The van der Waals surface area contributed by atoms with Gasteiger partial charge in [0.05, 0.1) is 18.2 Å². The van der Waals surface area contributed by atoms with E-state index in [0.717, 1.165) is 27.3 Å². The molecular formula is C26H28ClN3O4S. The van der Waals surface area contributed by atoms with Gasteiger partial charge in [-0.3, -0.25) is 9.10 Å². The van der Waals surface area contributed by atoms with Crippen LogP contribution in [0.4, 0.5) is 5.69 Å². The Labute approximate surface area is 211 Å². The number of carbonyl (C=O) groups is 1. The van der Waals surface area contributed by atoms with Crippen LogP contribution in [0.5, 0.6) is 5.75 Å². The van der Waals surface area contributed by atoms with E-state index in [-0.39, 0.29) is 6.54 Å². The maximum absolute atomic E-state index is 12.4. The Morgan fingerprint density at radius 3 is 2.23 bits per heavy atom. The van der Waals surface area contributed by atoms with E-state index in [1.54, 1.807) is 36.4 Å². The first-order valence-electron chi connectivity index (χ1n) is 11.0. The number of carbonyl (C=O) groups excluding carboxylic acids is 1. The molecule has 3 rings (SSSR count). The molecule has 0 atom stereocenters. The number of ether oxygens (including phenoxy) is 1. The average molecular weight is 514 g/mol. The molecule has 184 valence electrons. The van der Waals surface area contributed by atoms with Gasteiger partial charge in [-0.25, -0.2) is 13.8 Å². The fraction of sp³-hybridized carbons (Fsp3) is 0.231. The van der Waals surface area contributed by atoms with Crippen LogP contribution in [0, 0.1) is 0 Å². The minimum Gasteiger partial charge on any atom is -0.489 e. The lowest BCUT2D eigenvalue weighted by Crippen LogP contribution is -2.39. The van der Waals surface area contributed by atoms with Crippen molar-refractivity contribution < 1.29 is 17.9 Å². The average Bonchev–Trinajstić information content (AvgIpc) is 2.82. The summed E-state index contributed by atoms with van der Waals surface area (Å²) < 4.78 is 31.3. The van der Waals surface area contributed by atoms with Gasteiger partial charge < -0.3 is 4.74 Å². The summed E-state index contributed by atoms with van der Waals surface area (Å²) in [6.45, 7) is 4.14. The van der Waals surface area contributed by atoms with Crippen molar-refractivity contribution in [2.24, 2.45) is 5.10 Å². The number of benzene rings is 3. The summed E-state index contributed by atoms with van der Waals surface area (Å²) in [7, 11) is -3.66. The molecule has 1 N–H and O–H groups in total. The number of amides is 1. The van der Waals surface area contributed by atoms with Crippen molar-refractivity contribution in [1.82, 2.24) is 5.43 Å². The predicted molar refractivity (Wildman–Crippen MR) is 141 cm³/mol. The molecule has 35 heavy (non-hydrogen) atoms. The summed E-state index contributed by atoms with van der Waals surface area (Å²) in [5.74, 6) is 0.452. The van der Waals surface area contributed by atoms with Crippen molar-refractivity contribution in [3.63, 3.8) is 0 Å². The molecule has 0 aliphatic carbocycles.